The first-order chi connectivity index (χ1) is 14.2. The van der Waals surface area contributed by atoms with Crippen LogP contribution in [0.15, 0.2) is 70.2 Å². The molecular formula is C24H24N2O4. The van der Waals surface area contributed by atoms with Crippen molar-refractivity contribution >= 4 is 18.1 Å². The number of hydrogen-bond acceptors (Lipinski definition) is 4. The van der Waals surface area contributed by atoms with Crippen molar-refractivity contribution < 1.29 is 19.1 Å². The highest BCUT2D eigenvalue weighted by Gasteiger charge is 2.13. The van der Waals surface area contributed by atoms with E-state index in [0.29, 0.717) is 11.5 Å². The summed E-state index contributed by atoms with van der Waals surface area (Å²) in [5.74, 6) is -0.138. The van der Waals surface area contributed by atoms with E-state index < -0.39 is 5.97 Å². The van der Waals surface area contributed by atoms with Crippen LogP contribution in [0, 0.1) is 0 Å². The monoisotopic (exact) mass is 404 g/mol. The zero-order valence-electron chi connectivity index (χ0n) is 17.2. The first-order valence-corrected chi connectivity index (χ1v) is 9.57. The molecule has 2 aromatic carbocycles. The summed E-state index contributed by atoms with van der Waals surface area (Å²) in [5, 5.41) is 12.9. The molecule has 0 spiro atoms. The molecule has 6 heteroatoms. The third-order valence-corrected chi connectivity index (χ3v) is 4.61. The van der Waals surface area contributed by atoms with Crippen molar-refractivity contribution in [3.8, 4) is 11.3 Å². The first-order valence-electron chi connectivity index (χ1n) is 9.57. The fraction of sp³-hybridized carbons (Fsp3) is 0.208. The number of benzene rings is 2. The van der Waals surface area contributed by atoms with Crippen molar-refractivity contribution in [3.63, 3.8) is 0 Å². The number of amides is 1. The van der Waals surface area contributed by atoms with Gasteiger partial charge in [0.15, 0.2) is 0 Å². The number of carbonyl (C=O) groups excluding carboxylic acids is 1. The number of carboxylic acid groups (broad SMARTS) is 1. The van der Waals surface area contributed by atoms with Crippen molar-refractivity contribution in [2.75, 3.05) is 0 Å². The van der Waals surface area contributed by atoms with Gasteiger partial charge in [-0.15, -0.1) is 0 Å². The van der Waals surface area contributed by atoms with E-state index in [-0.39, 0.29) is 23.3 Å². The minimum atomic E-state index is -0.977. The molecule has 154 valence electrons. The topological polar surface area (TPSA) is 91.9 Å². The Kier molecular flexibility index (Phi) is 6.16. The number of aromatic carboxylic acids is 1. The van der Waals surface area contributed by atoms with Crippen molar-refractivity contribution in [2.24, 2.45) is 5.10 Å². The summed E-state index contributed by atoms with van der Waals surface area (Å²) in [6.07, 6.45) is 1.66. The van der Waals surface area contributed by atoms with Gasteiger partial charge in [0.25, 0.3) is 0 Å². The van der Waals surface area contributed by atoms with E-state index in [2.05, 4.69) is 31.3 Å². The fourth-order valence-corrected chi connectivity index (χ4v) is 2.87. The molecule has 0 atom stereocenters. The summed E-state index contributed by atoms with van der Waals surface area (Å²) in [6.45, 7) is 6.44. The molecule has 0 fully saturated rings. The molecule has 1 heterocycles. The molecule has 0 bridgehead atoms. The van der Waals surface area contributed by atoms with Gasteiger partial charge in [0.05, 0.1) is 18.2 Å². The molecule has 0 saturated carbocycles. The van der Waals surface area contributed by atoms with Crippen LogP contribution in [-0.2, 0) is 16.6 Å². The highest BCUT2D eigenvalue weighted by molar-refractivity contribution is 5.88. The van der Waals surface area contributed by atoms with Crippen molar-refractivity contribution in [3.05, 3.63) is 83.1 Å². The van der Waals surface area contributed by atoms with Gasteiger partial charge in [-0.25, -0.2) is 10.2 Å². The molecule has 0 radical (unpaired) electrons. The summed E-state index contributed by atoms with van der Waals surface area (Å²) in [7, 11) is 0. The van der Waals surface area contributed by atoms with Gasteiger partial charge in [-0.1, -0.05) is 57.2 Å². The van der Waals surface area contributed by atoms with Gasteiger partial charge >= 0.3 is 5.97 Å². The number of carbonyl (C=O) groups is 2. The molecule has 1 amide bonds. The van der Waals surface area contributed by atoms with E-state index in [1.165, 1.54) is 23.9 Å². The van der Waals surface area contributed by atoms with E-state index in [1.54, 1.807) is 24.3 Å². The lowest BCUT2D eigenvalue weighted by atomic mass is 9.86. The maximum atomic E-state index is 12.1. The summed E-state index contributed by atoms with van der Waals surface area (Å²) in [6, 6.07) is 17.9. The van der Waals surface area contributed by atoms with E-state index in [4.69, 9.17) is 9.52 Å². The number of hydrogen-bond donors (Lipinski definition) is 2. The molecule has 3 aromatic rings. The molecule has 30 heavy (non-hydrogen) atoms. The molecule has 6 nitrogen and oxygen atoms in total. The number of nitrogens with one attached hydrogen (secondary N) is 1. The molecule has 2 N–H and O–H groups in total. The molecule has 0 aliphatic rings. The lowest BCUT2D eigenvalue weighted by Gasteiger charge is -2.19. The zero-order valence-corrected chi connectivity index (χ0v) is 17.2. The molecule has 0 aliphatic carbocycles. The quantitative estimate of drug-likeness (QED) is 0.463. The van der Waals surface area contributed by atoms with Crippen molar-refractivity contribution in [1.82, 2.24) is 5.43 Å². The van der Waals surface area contributed by atoms with E-state index in [1.807, 2.05) is 24.3 Å². The predicted octanol–water partition coefficient (Wildman–Crippen LogP) is 4.64. The lowest BCUT2D eigenvalue weighted by molar-refractivity contribution is -0.120. The molecule has 0 saturated heterocycles. The van der Waals surface area contributed by atoms with Gasteiger partial charge < -0.3 is 9.52 Å². The Hall–Kier alpha value is -3.67. The second kappa shape index (κ2) is 8.78. The van der Waals surface area contributed by atoms with Gasteiger partial charge in [0.1, 0.15) is 11.5 Å². The summed E-state index contributed by atoms with van der Waals surface area (Å²) in [5.41, 5.74) is 5.67. The largest absolute Gasteiger partial charge is 0.478 e. The van der Waals surface area contributed by atoms with Crippen LogP contribution in [0.25, 0.3) is 11.3 Å². The number of nitrogens with zero attached hydrogens (tertiary/aromatic N) is 1. The average Bonchev–Trinajstić information content (AvgIpc) is 3.16. The van der Waals surface area contributed by atoms with Gasteiger partial charge in [-0.3, -0.25) is 4.79 Å². The standard InChI is InChI=1S/C24H24N2O4/c1-24(2,3)19-10-4-16(5-11-19)14-22(27)26-25-15-20-12-13-21(30-20)17-6-8-18(9-7-17)23(28)29/h4-13,15H,14H2,1-3H3,(H,26,27)(H,28,29)/b25-15-. The van der Waals surface area contributed by atoms with Crippen LogP contribution < -0.4 is 5.43 Å². The van der Waals surface area contributed by atoms with Crippen LogP contribution in [-0.4, -0.2) is 23.2 Å². The van der Waals surface area contributed by atoms with Gasteiger partial charge in [-0.2, -0.15) is 5.10 Å². The van der Waals surface area contributed by atoms with Crippen LogP contribution >= 0.6 is 0 Å². The maximum absolute atomic E-state index is 12.1. The lowest BCUT2D eigenvalue weighted by Crippen LogP contribution is -2.20. The minimum absolute atomic E-state index is 0.0747. The highest BCUT2D eigenvalue weighted by Crippen LogP contribution is 2.23. The van der Waals surface area contributed by atoms with E-state index >= 15 is 0 Å². The van der Waals surface area contributed by atoms with Gasteiger partial charge in [-0.05, 0) is 40.8 Å². The van der Waals surface area contributed by atoms with Crippen LogP contribution in [0.1, 0.15) is 48.0 Å². The van der Waals surface area contributed by atoms with Crippen molar-refractivity contribution in [1.29, 1.82) is 0 Å². The van der Waals surface area contributed by atoms with E-state index in [0.717, 1.165) is 11.1 Å². The van der Waals surface area contributed by atoms with E-state index in [9.17, 15) is 9.59 Å². The predicted molar refractivity (Wildman–Crippen MR) is 116 cm³/mol. The first kappa shape index (κ1) is 21.0. The molecular weight excluding hydrogens is 380 g/mol. The Labute approximate surface area is 175 Å². The third-order valence-electron chi connectivity index (χ3n) is 4.61. The Morgan fingerprint density at radius 1 is 1.00 bits per heavy atom. The average molecular weight is 404 g/mol. The number of carboxylic acids is 1. The summed E-state index contributed by atoms with van der Waals surface area (Å²) in [4.78, 5) is 23.0. The van der Waals surface area contributed by atoms with Crippen LogP contribution in [0.4, 0.5) is 0 Å². The number of hydrazone groups is 1. The van der Waals surface area contributed by atoms with Crippen molar-refractivity contribution in [2.45, 2.75) is 32.6 Å². The Morgan fingerprint density at radius 3 is 2.27 bits per heavy atom. The summed E-state index contributed by atoms with van der Waals surface area (Å²) < 4.78 is 5.67. The maximum Gasteiger partial charge on any atom is 0.335 e. The Morgan fingerprint density at radius 2 is 1.67 bits per heavy atom. The zero-order chi connectivity index (χ0) is 21.7. The second-order valence-corrected chi connectivity index (χ2v) is 8.00. The smallest absolute Gasteiger partial charge is 0.335 e. The van der Waals surface area contributed by atoms with Crippen LogP contribution in [0.2, 0.25) is 0 Å². The van der Waals surface area contributed by atoms with Crippen LogP contribution in [0.3, 0.4) is 0 Å². The highest BCUT2D eigenvalue weighted by atomic mass is 16.4. The molecule has 0 aliphatic heterocycles. The SMILES string of the molecule is CC(C)(C)c1ccc(CC(=O)N/N=C\c2ccc(-c3ccc(C(=O)O)cc3)o2)cc1. The van der Waals surface area contributed by atoms with Gasteiger partial charge in [0.2, 0.25) is 5.91 Å². The number of furan rings is 1. The summed E-state index contributed by atoms with van der Waals surface area (Å²) >= 11 is 0. The van der Waals surface area contributed by atoms with Gasteiger partial charge in [0, 0.05) is 5.56 Å². The molecule has 3 rings (SSSR count). The molecule has 0 unspecified atom stereocenters. The fourth-order valence-electron chi connectivity index (χ4n) is 2.87. The minimum Gasteiger partial charge on any atom is -0.478 e. The van der Waals surface area contributed by atoms with Crippen LogP contribution in [0.5, 0.6) is 0 Å². The Bertz CT molecular complexity index is 1060. The Balaban J connectivity index is 1.55. The third kappa shape index (κ3) is 5.44. The number of rotatable bonds is 6. The second-order valence-electron chi connectivity index (χ2n) is 8.00. The normalized spacial score (nSPS) is 11.6. The molecule has 1 aromatic heterocycles.